The first-order valence-electron chi connectivity index (χ1n) is 8.35. The van der Waals surface area contributed by atoms with Gasteiger partial charge in [0.15, 0.2) is 0 Å². The lowest BCUT2D eigenvalue weighted by Gasteiger charge is -2.27. The molecule has 0 radical (unpaired) electrons. The van der Waals surface area contributed by atoms with Crippen molar-refractivity contribution in [2.24, 2.45) is 11.3 Å². The topological polar surface area (TPSA) is 90.0 Å². The molecule has 0 spiro atoms. The molecule has 6 nitrogen and oxygen atoms in total. The van der Waals surface area contributed by atoms with Crippen LogP contribution in [0.3, 0.4) is 0 Å². The summed E-state index contributed by atoms with van der Waals surface area (Å²) in [5.41, 5.74) is 1.55. The van der Waals surface area contributed by atoms with E-state index in [2.05, 4.69) is 20.6 Å². The van der Waals surface area contributed by atoms with E-state index >= 15 is 0 Å². The van der Waals surface area contributed by atoms with E-state index in [1.54, 1.807) is 0 Å². The van der Waals surface area contributed by atoms with Crippen LogP contribution < -0.4 is 10.6 Å². The van der Waals surface area contributed by atoms with Crippen LogP contribution in [0.2, 0.25) is 0 Å². The number of aromatic amines is 1. The minimum absolute atomic E-state index is 0.170. The third kappa shape index (κ3) is 4.47. The molecule has 1 aromatic heterocycles. The fourth-order valence-electron chi connectivity index (χ4n) is 2.36. The van der Waals surface area contributed by atoms with Crippen molar-refractivity contribution in [3.63, 3.8) is 0 Å². The highest BCUT2D eigenvalue weighted by molar-refractivity contribution is 5.76. The molecule has 0 aliphatic heterocycles. The predicted molar refractivity (Wildman–Crippen MR) is 95.7 cm³/mol. The van der Waals surface area contributed by atoms with E-state index in [1.807, 2.05) is 58.9 Å². The summed E-state index contributed by atoms with van der Waals surface area (Å²) >= 11 is 0. The van der Waals surface area contributed by atoms with E-state index in [9.17, 15) is 9.90 Å². The number of para-hydroxylation sites is 2. The Balaban J connectivity index is 2.04. The Kier molecular flexibility index (Phi) is 5.49. The second kappa shape index (κ2) is 7.21. The number of hydrogen-bond acceptors (Lipinski definition) is 3. The maximum atomic E-state index is 12.2. The van der Waals surface area contributed by atoms with Gasteiger partial charge in [0, 0.05) is 6.54 Å². The van der Waals surface area contributed by atoms with E-state index in [0.717, 1.165) is 16.9 Å². The Morgan fingerprint density at radius 1 is 1.29 bits per heavy atom. The number of aliphatic hydroxyl groups excluding tert-OH is 1. The average molecular weight is 332 g/mol. The van der Waals surface area contributed by atoms with Gasteiger partial charge in [-0.3, -0.25) is 0 Å². The second-order valence-electron chi connectivity index (χ2n) is 7.60. The summed E-state index contributed by atoms with van der Waals surface area (Å²) in [6, 6.07) is 7.24. The summed E-state index contributed by atoms with van der Waals surface area (Å²) < 4.78 is 0. The smallest absolute Gasteiger partial charge is 0.315 e. The van der Waals surface area contributed by atoms with Crippen LogP contribution in [-0.2, 0) is 0 Å². The van der Waals surface area contributed by atoms with Crippen LogP contribution in [0, 0.1) is 11.3 Å². The summed E-state index contributed by atoms with van der Waals surface area (Å²) in [6.45, 7) is 10.1. The normalized spacial score (nSPS) is 14.6. The molecular formula is C18H28N4O2. The fraction of sp³-hybridized carbons (Fsp3) is 0.556. The molecule has 2 unspecified atom stereocenters. The number of imidazole rings is 1. The van der Waals surface area contributed by atoms with E-state index in [1.165, 1.54) is 0 Å². The molecule has 2 amide bonds. The maximum absolute atomic E-state index is 12.2. The van der Waals surface area contributed by atoms with Crippen molar-refractivity contribution in [3.8, 4) is 0 Å². The summed E-state index contributed by atoms with van der Waals surface area (Å²) in [5.74, 6) is 0.904. The van der Waals surface area contributed by atoms with Crippen LogP contribution in [0.4, 0.5) is 4.79 Å². The van der Waals surface area contributed by atoms with Crippen molar-refractivity contribution in [2.75, 3.05) is 6.54 Å². The van der Waals surface area contributed by atoms with Crippen molar-refractivity contribution in [1.82, 2.24) is 20.6 Å². The van der Waals surface area contributed by atoms with Crippen LogP contribution in [0.15, 0.2) is 24.3 Å². The zero-order valence-corrected chi connectivity index (χ0v) is 15.1. The van der Waals surface area contributed by atoms with Gasteiger partial charge in [-0.25, -0.2) is 9.78 Å². The minimum Gasteiger partial charge on any atom is -0.391 e. The van der Waals surface area contributed by atoms with Crippen LogP contribution in [0.5, 0.6) is 0 Å². The SMILES string of the molecule is CC(C)C(NC(=O)NCC(O)C(C)(C)C)c1nc2ccccc2[nH]1. The molecule has 2 rings (SSSR count). The number of hydrogen-bond donors (Lipinski definition) is 4. The summed E-state index contributed by atoms with van der Waals surface area (Å²) in [6.07, 6.45) is -0.605. The highest BCUT2D eigenvalue weighted by Crippen LogP contribution is 2.22. The largest absolute Gasteiger partial charge is 0.391 e. The lowest BCUT2D eigenvalue weighted by atomic mass is 9.89. The number of H-pyrrole nitrogens is 1. The fourth-order valence-corrected chi connectivity index (χ4v) is 2.36. The van der Waals surface area contributed by atoms with E-state index < -0.39 is 6.10 Å². The Labute approximate surface area is 143 Å². The van der Waals surface area contributed by atoms with Crippen molar-refractivity contribution in [3.05, 3.63) is 30.1 Å². The van der Waals surface area contributed by atoms with Crippen LogP contribution in [-0.4, -0.2) is 33.8 Å². The van der Waals surface area contributed by atoms with Gasteiger partial charge in [0.05, 0.1) is 23.2 Å². The molecule has 0 fully saturated rings. The molecule has 2 aromatic rings. The molecule has 2 atom stereocenters. The minimum atomic E-state index is -0.605. The molecule has 132 valence electrons. The lowest BCUT2D eigenvalue weighted by Crippen LogP contribution is -2.45. The van der Waals surface area contributed by atoms with Gasteiger partial charge in [0.1, 0.15) is 5.82 Å². The van der Waals surface area contributed by atoms with E-state index in [-0.39, 0.29) is 30.0 Å². The average Bonchev–Trinajstić information content (AvgIpc) is 2.92. The van der Waals surface area contributed by atoms with Crippen molar-refractivity contribution in [2.45, 2.75) is 46.8 Å². The number of nitrogens with one attached hydrogen (secondary N) is 3. The molecule has 24 heavy (non-hydrogen) atoms. The maximum Gasteiger partial charge on any atom is 0.315 e. The molecule has 0 aliphatic rings. The van der Waals surface area contributed by atoms with Crippen molar-refractivity contribution >= 4 is 17.1 Å². The number of urea groups is 1. The Bertz CT molecular complexity index is 655. The highest BCUT2D eigenvalue weighted by atomic mass is 16.3. The first kappa shape index (κ1) is 18.3. The summed E-state index contributed by atoms with van der Waals surface area (Å²) in [5, 5.41) is 15.7. The van der Waals surface area contributed by atoms with Gasteiger partial charge in [-0.15, -0.1) is 0 Å². The quantitative estimate of drug-likeness (QED) is 0.678. The Morgan fingerprint density at radius 2 is 1.96 bits per heavy atom. The zero-order valence-electron chi connectivity index (χ0n) is 15.1. The molecule has 0 aliphatic carbocycles. The molecule has 0 bridgehead atoms. The third-order valence-corrected chi connectivity index (χ3v) is 4.11. The number of fused-ring (bicyclic) bond motifs is 1. The van der Waals surface area contributed by atoms with Gasteiger partial charge in [0.2, 0.25) is 0 Å². The summed E-state index contributed by atoms with van der Waals surface area (Å²) in [4.78, 5) is 20.0. The Hall–Kier alpha value is -2.08. The van der Waals surface area contributed by atoms with Crippen LogP contribution >= 0.6 is 0 Å². The second-order valence-corrected chi connectivity index (χ2v) is 7.60. The summed E-state index contributed by atoms with van der Waals surface area (Å²) in [7, 11) is 0. The van der Waals surface area contributed by atoms with Crippen LogP contribution in [0.25, 0.3) is 11.0 Å². The molecular weight excluding hydrogens is 304 g/mol. The van der Waals surface area contributed by atoms with Gasteiger partial charge < -0.3 is 20.7 Å². The highest BCUT2D eigenvalue weighted by Gasteiger charge is 2.25. The van der Waals surface area contributed by atoms with Gasteiger partial charge in [-0.2, -0.15) is 0 Å². The number of carbonyl (C=O) groups excluding carboxylic acids is 1. The number of aliphatic hydroxyl groups is 1. The number of carbonyl (C=O) groups is 1. The van der Waals surface area contributed by atoms with Gasteiger partial charge >= 0.3 is 6.03 Å². The molecule has 1 heterocycles. The molecule has 4 N–H and O–H groups in total. The zero-order chi connectivity index (χ0) is 17.9. The van der Waals surface area contributed by atoms with E-state index in [4.69, 9.17) is 0 Å². The predicted octanol–water partition coefficient (Wildman–Crippen LogP) is 2.97. The van der Waals surface area contributed by atoms with Crippen molar-refractivity contribution in [1.29, 1.82) is 0 Å². The molecule has 1 aromatic carbocycles. The van der Waals surface area contributed by atoms with Gasteiger partial charge in [0.25, 0.3) is 0 Å². The number of amides is 2. The lowest BCUT2D eigenvalue weighted by molar-refractivity contribution is 0.0648. The standard InChI is InChI=1S/C18H28N4O2/c1-11(2)15(16-20-12-8-6-7-9-13(12)21-16)22-17(24)19-10-14(23)18(3,4)5/h6-9,11,14-15,23H,10H2,1-5H3,(H,20,21)(H2,19,22,24). The third-order valence-electron chi connectivity index (χ3n) is 4.11. The van der Waals surface area contributed by atoms with Gasteiger partial charge in [-0.1, -0.05) is 46.8 Å². The number of benzene rings is 1. The molecule has 0 saturated heterocycles. The Morgan fingerprint density at radius 3 is 2.54 bits per heavy atom. The van der Waals surface area contributed by atoms with E-state index in [0.29, 0.717) is 0 Å². The first-order chi connectivity index (χ1) is 11.2. The molecule has 6 heteroatoms. The number of rotatable bonds is 5. The monoisotopic (exact) mass is 332 g/mol. The van der Waals surface area contributed by atoms with Crippen molar-refractivity contribution < 1.29 is 9.90 Å². The number of nitrogens with zero attached hydrogens (tertiary/aromatic N) is 1. The molecule has 0 saturated carbocycles. The number of aromatic nitrogens is 2. The van der Waals surface area contributed by atoms with Crippen LogP contribution in [0.1, 0.15) is 46.5 Å². The van der Waals surface area contributed by atoms with Gasteiger partial charge in [-0.05, 0) is 23.5 Å². The first-order valence-corrected chi connectivity index (χ1v) is 8.35.